The van der Waals surface area contributed by atoms with E-state index in [1.165, 1.54) is 0 Å². The van der Waals surface area contributed by atoms with Crippen molar-refractivity contribution in [3.8, 4) is 16.5 Å². The highest BCUT2D eigenvalue weighted by atomic mass is 79.9. The number of halogens is 1. The molecule has 94 valence electrons. The molecule has 1 heterocycles. The zero-order valence-electron chi connectivity index (χ0n) is 9.09. The van der Waals surface area contributed by atoms with Crippen LogP contribution in [0.25, 0.3) is 11.3 Å². The first-order valence-corrected chi connectivity index (χ1v) is 6.55. The van der Waals surface area contributed by atoms with Crippen LogP contribution in [0.15, 0.2) is 28.7 Å². The lowest BCUT2D eigenvalue weighted by Crippen LogP contribution is -2.15. The van der Waals surface area contributed by atoms with Gasteiger partial charge in [-0.1, -0.05) is 39.4 Å². The number of primary amides is 1. The van der Waals surface area contributed by atoms with E-state index in [2.05, 4.69) is 20.9 Å². The first-order chi connectivity index (χ1) is 8.60. The smallest absolute Gasteiger partial charge is 0.391 e. The number of carbonyl (C=O) groups is 1. The van der Waals surface area contributed by atoms with Crippen LogP contribution in [0.3, 0.4) is 0 Å². The van der Waals surface area contributed by atoms with Crippen molar-refractivity contribution in [3.05, 3.63) is 33.6 Å². The molecule has 0 aliphatic heterocycles. The van der Waals surface area contributed by atoms with Crippen molar-refractivity contribution in [1.29, 1.82) is 0 Å². The van der Waals surface area contributed by atoms with E-state index in [1.807, 2.05) is 24.3 Å². The summed E-state index contributed by atoms with van der Waals surface area (Å²) < 4.78 is 5.61. The van der Waals surface area contributed by atoms with E-state index in [4.69, 9.17) is 10.5 Å². The number of benzene rings is 1. The molecule has 5 nitrogen and oxygen atoms in total. The number of aliphatic hydroxyl groups is 1. The molecule has 1 aromatic heterocycles. The molecule has 0 aliphatic rings. The summed E-state index contributed by atoms with van der Waals surface area (Å²) in [6.45, 7) is -0.179. The Balaban J connectivity index is 2.43. The zero-order chi connectivity index (χ0) is 13.1. The molecule has 0 bridgehead atoms. The number of amides is 1. The molecule has 0 spiro atoms. The number of thiazole rings is 1. The molecule has 0 saturated carbocycles. The van der Waals surface area contributed by atoms with Gasteiger partial charge in [-0.2, -0.15) is 0 Å². The molecule has 1 amide bonds. The molecule has 0 radical (unpaired) electrons. The number of nitrogens with two attached hydrogens (primary N) is 1. The second kappa shape index (κ2) is 5.47. The van der Waals surface area contributed by atoms with Crippen LogP contribution in [0, 0.1) is 0 Å². The highest BCUT2D eigenvalue weighted by Gasteiger charge is 2.14. The topological polar surface area (TPSA) is 85.4 Å². The molecule has 7 heteroatoms. The van der Waals surface area contributed by atoms with Gasteiger partial charge < -0.3 is 15.6 Å². The van der Waals surface area contributed by atoms with Crippen molar-refractivity contribution in [2.45, 2.75) is 6.61 Å². The predicted octanol–water partition coefficient (Wildman–Crippen LogP) is 2.52. The molecule has 0 unspecified atom stereocenters. The minimum Gasteiger partial charge on any atom is -0.391 e. The van der Waals surface area contributed by atoms with Gasteiger partial charge in [0, 0.05) is 10.0 Å². The highest BCUT2D eigenvalue weighted by Crippen LogP contribution is 2.33. The first kappa shape index (κ1) is 13.0. The van der Waals surface area contributed by atoms with Crippen molar-refractivity contribution < 1.29 is 14.6 Å². The summed E-state index contributed by atoms with van der Waals surface area (Å²) in [6, 6.07) is 7.46. The van der Waals surface area contributed by atoms with E-state index in [-0.39, 0.29) is 11.8 Å². The minimum atomic E-state index is -0.922. The zero-order valence-corrected chi connectivity index (χ0v) is 11.5. The monoisotopic (exact) mass is 328 g/mol. The Morgan fingerprint density at radius 1 is 1.56 bits per heavy atom. The van der Waals surface area contributed by atoms with Gasteiger partial charge in [-0.05, 0) is 12.1 Å². The number of hydrogen-bond acceptors (Lipinski definition) is 5. The maximum Gasteiger partial charge on any atom is 0.411 e. The molecule has 3 N–H and O–H groups in total. The van der Waals surface area contributed by atoms with Crippen molar-refractivity contribution >= 4 is 33.4 Å². The SMILES string of the molecule is NC(=O)Oc1nc(-c2cccc(Br)c2)c(CO)s1. The Kier molecular flexibility index (Phi) is 3.95. The average molecular weight is 329 g/mol. The van der Waals surface area contributed by atoms with Crippen LogP contribution in [-0.4, -0.2) is 16.2 Å². The summed E-state index contributed by atoms with van der Waals surface area (Å²) in [5.74, 6) is 0. The lowest BCUT2D eigenvalue weighted by atomic mass is 10.1. The summed E-state index contributed by atoms with van der Waals surface area (Å²) in [6.07, 6.45) is -0.922. The third-order valence-electron chi connectivity index (χ3n) is 2.11. The van der Waals surface area contributed by atoms with Crippen molar-refractivity contribution in [2.24, 2.45) is 5.73 Å². The van der Waals surface area contributed by atoms with Crippen LogP contribution < -0.4 is 10.5 Å². The number of rotatable bonds is 3. The van der Waals surface area contributed by atoms with Crippen LogP contribution >= 0.6 is 27.3 Å². The number of aromatic nitrogens is 1. The number of aliphatic hydroxyl groups excluding tert-OH is 1. The summed E-state index contributed by atoms with van der Waals surface area (Å²) in [7, 11) is 0. The molecular weight excluding hydrogens is 320 g/mol. The molecule has 0 saturated heterocycles. The second-order valence-corrected chi connectivity index (χ2v) is 5.30. The van der Waals surface area contributed by atoms with Gasteiger partial charge in [-0.3, -0.25) is 0 Å². The van der Waals surface area contributed by atoms with Crippen molar-refractivity contribution in [3.63, 3.8) is 0 Å². The van der Waals surface area contributed by atoms with Gasteiger partial charge in [-0.15, -0.1) is 0 Å². The molecule has 2 rings (SSSR count). The van der Waals surface area contributed by atoms with Crippen molar-refractivity contribution in [1.82, 2.24) is 4.98 Å². The van der Waals surface area contributed by atoms with Crippen LogP contribution in [-0.2, 0) is 6.61 Å². The van der Waals surface area contributed by atoms with Crippen LogP contribution in [0.4, 0.5) is 4.79 Å². The Morgan fingerprint density at radius 3 is 2.94 bits per heavy atom. The Hall–Kier alpha value is -1.44. The highest BCUT2D eigenvalue weighted by molar-refractivity contribution is 9.10. The van der Waals surface area contributed by atoms with Gasteiger partial charge in [0.2, 0.25) is 0 Å². The van der Waals surface area contributed by atoms with E-state index in [9.17, 15) is 9.90 Å². The van der Waals surface area contributed by atoms with Crippen molar-refractivity contribution in [2.75, 3.05) is 0 Å². The molecule has 1 aromatic carbocycles. The fourth-order valence-corrected chi connectivity index (χ4v) is 2.62. The first-order valence-electron chi connectivity index (χ1n) is 4.94. The number of carbonyl (C=O) groups excluding carboxylic acids is 1. The predicted molar refractivity (Wildman–Crippen MR) is 71.4 cm³/mol. The van der Waals surface area contributed by atoms with Gasteiger partial charge in [0.05, 0.1) is 17.2 Å². The van der Waals surface area contributed by atoms with E-state index in [1.54, 1.807) is 0 Å². The Morgan fingerprint density at radius 2 is 2.33 bits per heavy atom. The Labute approximate surface area is 115 Å². The van der Waals surface area contributed by atoms with E-state index >= 15 is 0 Å². The fourth-order valence-electron chi connectivity index (χ4n) is 1.43. The van der Waals surface area contributed by atoms with Crippen LogP contribution in [0.2, 0.25) is 0 Å². The molecule has 2 aromatic rings. The van der Waals surface area contributed by atoms with E-state index in [0.717, 1.165) is 21.4 Å². The van der Waals surface area contributed by atoms with E-state index in [0.29, 0.717) is 10.6 Å². The lowest BCUT2D eigenvalue weighted by molar-refractivity contribution is 0.210. The van der Waals surface area contributed by atoms with Gasteiger partial charge >= 0.3 is 6.09 Å². The average Bonchev–Trinajstić information content (AvgIpc) is 2.71. The maximum atomic E-state index is 10.7. The summed E-state index contributed by atoms with van der Waals surface area (Å²) in [5.41, 5.74) is 6.33. The fraction of sp³-hybridized carbons (Fsp3) is 0.0909. The molecule has 18 heavy (non-hydrogen) atoms. The Bertz CT molecular complexity index is 585. The van der Waals surface area contributed by atoms with Gasteiger partial charge in [0.1, 0.15) is 0 Å². The quantitative estimate of drug-likeness (QED) is 0.906. The van der Waals surface area contributed by atoms with Crippen LogP contribution in [0.1, 0.15) is 4.88 Å². The number of ether oxygens (including phenoxy) is 1. The lowest BCUT2D eigenvalue weighted by Gasteiger charge is -1.99. The number of nitrogens with zero attached hydrogens (tertiary/aromatic N) is 1. The van der Waals surface area contributed by atoms with Gasteiger partial charge in [0.25, 0.3) is 5.19 Å². The van der Waals surface area contributed by atoms with Gasteiger partial charge in [0.15, 0.2) is 0 Å². The molecular formula is C11H9BrN2O3S. The van der Waals surface area contributed by atoms with Gasteiger partial charge in [-0.25, -0.2) is 9.78 Å². The van der Waals surface area contributed by atoms with Crippen LogP contribution in [0.5, 0.6) is 5.19 Å². The molecule has 0 aliphatic carbocycles. The standard InChI is InChI=1S/C11H9BrN2O3S/c12-7-3-1-2-6(4-7)9-8(5-15)18-11(14-9)17-10(13)16/h1-4,15H,5H2,(H2,13,16). The normalized spacial score (nSPS) is 10.3. The van der Waals surface area contributed by atoms with E-state index < -0.39 is 6.09 Å². The summed E-state index contributed by atoms with van der Waals surface area (Å²) in [5, 5.41) is 9.41. The maximum absolute atomic E-state index is 10.7. The largest absolute Gasteiger partial charge is 0.411 e. The molecule has 0 fully saturated rings. The minimum absolute atomic E-state index is 0.126. The third kappa shape index (κ3) is 2.87. The number of hydrogen-bond donors (Lipinski definition) is 2. The third-order valence-corrected chi connectivity index (χ3v) is 3.52. The molecule has 0 atom stereocenters. The summed E-state index contributed by atoms with van der Waals surface area (Å²) in [4.78, 5) is 15.4. The summed E-state index contributed by atoms with van der Waals surface area (Å²) >= 11 is 4.45. The second-order valence-electron chi connectivity index (χ2n) is 3.34.